The molecular weight excluding hydrogens is 326 g/mol. The number of rotatable bonds is 5. The average molecular weight is 353 g/mol. The maximum atomic E-state index is 12.4. The van der Waals surface area contributed by atoms with Crippen molar-refractivity contribution in [3.63, 3.8) is 0 Å². The smallest absolute Gasteiger partial charge is 0.241 e. The molecule has 0 radical (unpaired) electrons. The third-order valence-corrected chi connectivity index (χ3v) is 5.22. The highest BCUT2D eigenvalue weighted by molar-refractivity contribution is 5.91. The topological polar surface area (TPSA) is 75.4 Å². The number of amides is 2. The predicted octanol–water partition coefficient (Wildman–Crippen LogP) is 2.08. The molecule has 3 N–H and O–H groups in total. The molecule has 2 aromatic rings. The van der Waals surface area contributed by atoms with E-state index in [0.29, 0.717) is 12.5 Å². The van der Waals surface area contributed by atoms with Crippen molar-refractivity contribution in [1.29, 1.82) is 0 Å². The van der Waals surface area contributed by atoms with E-state index in [1.807, 2.05) is 54.3 Å². The molecule has 138 valence electrons. The molecule has 1 aliphatic rings. The number of hydrogen-bond acceptors (Lipinski definition) is 3. The number of hydrogen-bond donors (Lipinski definition) is 2. The summed E-state index contributed by atoms with van der Waals surface area (Å²) in [5, 5.41) is 4.97. The number of carbonyl (C=O) groups excluding carboxylic acids is 2. The van der Waals surface area contributed by atoms with E-state index in [0.717, 1.165) is 35.7 Å². The molecule has 2 unspecified atom stereocenters. The molecule has 2 aromatic carbocycles. The monoisotopic (exact) mass is 353 g/mol. The first-order valence-corrected chi connectivity index (χ1v) is 9.31. The van der Waals surface area contributed by atoms with E-state index in [1.165, 1.54) is 0 Å². The summed E-state index contributed by atoms with van der Waals surface area (Å²) in [7, 11) is 0. The van der Waals surface area contributed by atoms with Gasteiger partial charge in [0.2, 0.25) is 11.8 Å². The number of fused-ring (bicyclic) bond motifs is 1. The Morgan fingerprint density at radius 1 is 1.23 bits per heavy atom. The van der Waals surface area contributed by atoms with Crippen molar-refractivity contribution in [2.24, 2.45) is 11.7 Å². The number of likely N-dealkylation sites (tertiary alicyclic amines) is 1. The largest absolute Gasteiger partial charge is 0.347 e. The van der Waals surface area contributed by atoms with Crippen molar-refractivity contribution in [2.75, 3.05) is 19.6 Å². The van der Waals surface area contributed by atoms with Gasteiger partial charge in [0.1, 0.15) is 0 Å². The lowest BCUT2D eigenvalue weighted by Crippen LogP contribution is -2.48. The number of benzene rings is 2. The summed E-state index contributed by atoms with van der Waals surface area (Å²) in [5.41, 5.74) is 6.95. The van der Waals surface area contributed by atoms with Gasteiger partial charge in [-0.25, -0.2) is 0 Å². The Labute approximate surface area is 154 Å². The third-order valence-electron chi connectivity index (χ3n) is 5.22. The molecule has 1 heterocycles. The molecule has 0 aliphatic carbocycles. The molecule has 0 spiro atoms. The first kappa shape index (κ1) is 18.4. The number of carbonyl (C=O) groups is 2. The van der Waals surface area contributed by atoms with Gasteiger partial charge >= 0.3 is 0 Å². The van der Waals surface area contributed by atoms with Gasteiger partial charge in [-0.05, 0) is 42.0 Å². The van der Waals surface area contributed by atoms with Crippen molar-refractivity contribution in [2.45, 2.75) is 32.2 Å². The van der Waals surface area contributed by atoms with Crippen molar-refractivity contribution in [3.05, 3.63) is 48.0 Å². The van der Waals surface area contributed by atoms with Crippen LogP contribution in [0.4, 0.5) is 0 Å². The van der Waals surface area contributed by atoms with Gasteiger partial charge in [-0.3, -0.25) is 9.59 Å². The van der Waals surface area contributed by atoms with Crippen molar-refractivity contribution in [3.8, 4) is 0 Å². The van der Waals surface area contributed by atoms with E-state index >= 15 is 0 Å². The number of nitrogens with two attached hydrogens (primary N) is 1. The van der Waals surface area contributed by atoms with Crippen LogP contribution in [0.2, 0.25) is 0 Å². The molecule has 1 aliphatic heterocycles. The van der Waals surface area contributed by atoms with Gasteiger partial charge in [-0.15, -0.1) is 0 Å². The van der Waals surface area contributed by atoms with Crippen molar-refractivity contribution >= 4 is 22.6 Å². The lowest BCUT2D eigenvalue weighted by molar-refractivity contribution is -0.134. The van der Waals surface area contributed by atoms with Gasteiger partial charge in [-0.2, -0.15) is 0 Å². The van der Waals surface area contributed by atoms with Crippen LogP contribution in [0.15, 0.2) is 42.5 Å². The van der Waals surface area contributed by atoms with Gasteiger partial charge in [0.25, 0.3) is 0 Å². The number of piperidine rings is 1. The van der Waals surface area contributed by atoms with Gasteiger partial charge in [0.05, 0.1) is 13.0 Å². The average Bonchev–Trinajstić information content (AvgIpc) is 2.66. The summed E-state index contributed by atoms with van der Waals surface area (Å²) in [6, 6.07) is 14.0. The molecule has 26 heavy (non-hydrogen) atoms. The summed E-state index contributed by atoms with van der Waals surface area (Å²) in [6.45, 7) is 3.48. The summed E-state index contributed by atoms with van der Waals surface area (Å²) < 4.78 is 0. The Morgan fingerprint density at radius 3 is 2.81 bits per heavy atom. The second kappa shape index (κ2) is 8.32. The van der Waals surface area contributed by atoms with Crippen LogP contribution < -0.4 is 11.1 Å². The molecule has 2 amide bonds. The van der Waals surface area contributed by atoms with Gasteiger partial charge in [0.15, 0.2) is 0 Å². The Morgan fingerprint density at radius 2 is 2.00 bits per heavy atom. The minimum atomic E-state index is -0.129. The Kier molecular flexibility index (Phi) is 5.89. The predicted molar refractivity (Wildman–Crippen MR) is 104 cm³/mol. The van der Waals surface area contributed by atoms with Crippen LogP contribution in [0.5, 0.6) is 0 Å². The molecule has 0 bridgehead atoms. The molecule has 3 rings (SSSR count). The molecule has 2 atom stereocenters. The third kappa shape index (κ3) is 4.41. The molecule has 1 fully saturated rings. The van der Waals surface area contributed by atoms with Crippen LogP contribution in [0.25, 0.3) is 10.8 Å². The van der Waals surface area contributed by atoms with Crippen LogP contribution in [0.3, 0.4) is 0 Å². The Balaban J connectivity index is 1.54. The fourth-order valence-corrected chi connectivity index (χ4v) is 3.63. The maximum Gasteiger partial charge on any atom is 0.241 e. The molecule has 5 heteroatoms. The zero-order chi connectivity index (χ0) is 18.5. The molecule has 0 saturated carbocycles. The van der Waals surface area contributed by atoms with E-state index in [4.69, 9.17) is 5.73 Å². The fourth-order valence-electron chi connectivity index (χ4n) is 3.63. The first-order chi connectivity index (χ1) is 12.5. The zero-order valence-electron chi connectivity index (χ0n) is 15.3. The van der Waals surface area contributed by atoms with E-state index in [-0.39, 0.29) is 30.8 Å². The quantitative estimate of drug-likeness (QED) is 0.864. The lowest BCUT2D eigenvalue weighted by Gasteiger charge is -2.34. The van der Waals surface area contributed by atoms with E-state index in [2.05, 4.69) is 5.32 Å². The standard InChI is InChI=1S/C21H27N3O2/c1-15(22)18-9-5-11-24(14-18)21(26)13-23-20(25)12-17-8-4-7-16-6-2-3-10-19(16)17/h2-4,6-8,10,15,18H,5,9,11-14,22H2,1H3,(H,23,25). The SMILES string of the molecule is CC(N)C1CCCN(C(=O)CNC(=O)Cc2cccc3ccccc23)C1. The van der Waals surface area contributed by atoms with Crippen LogP contribution in [0.1, 0.15) is 25.3 Å². The Bertz CT molecular complexity index is 782. The summed E-state index contributed by atoms with van der Waals surface area (Å²) in [5.74, 6) is 0.191. The highest BCUT2D eigenvalue weighted by Crippen LogP contribution is 2.20. The second-order valence-electron chi connectivity index (χ2n) is 7.19. The first-order valence-electron chi connectivity index (χ1n) is 9.31. The molecule has 1 saturated heterocycles. The van der Waals surface area contributed by atoms with Gasteiger partial charge in [0, 0.05) is 19.1 Å². The highest BCUT2D eigenvalue weighted by atomic mass is 16.2. The van der Waals surface area contributed by atoms with Crippen LogP contribution in [0, 0.1) is 5.92 Å². The fraction of sp³-hybridized carbons (Fsp3) is 0.429. The number of nitrogens with zero attached hydrogens (tertiary/aromatic N) is 1. The van der Waals surface area contributed by atoms with Gasteiger partial charge in [-0.1, -0.05) is 42.5 Å². The minimum absolute atomic E-state index is 0.0263. The molecule has 5 nitrogen and oxygen atoms in total. The summed E-state index contributed by atoms with van der Waals surface area (Å²) in [4.78, 5) is 26.5. The normalized spacial score (nSPS) is 18.5. The molecule has 0 aromatic heterocycles. The van der Waals surface area contributed by atoms with Crippen molar-refractivity contribution in [1.82, 2.24) is 10.2 Å². The summed E-state index contributed by atoms with van der Waals surface area (Å²) >= 11 is 0. The van der Waals surface area contributed by atoms with Crippen LogP contribution >= 0.6 is 0 Å². The lowest BCUT2D eigenvalue weighted by atomic mass is 9.92. The Hall–Kier alpha value is -2.40. The second-order valence-corrected chi connectivity index (χ2v) is 7.19. The van der Waals surface area contributed by atoms with Crippen molar-refractivity contribution < 1.29 is 9.59 Å². The zero-order valence-corrected chi connectivity index (χ0v) is 15.3. The number of nitrogens with one attached hydrogen (secondary N) is 1. The van der Waals surface area contributed by atoms with E-state index in [1.54, 1.807) is 0 Å². The van der Waals surface area contributed by atoms with Crippen LogP contribution in [-0.2, 0) is 16.0 Å². The van der Waals surface area contributed by atoms with Gasteiger partial charge < -0.3 is 16.0 Å². The van der Waals surface area contributed by atoms with E-state index in [9.17, 15) is 9.59 Å². The molecular formula is C21H27N3O2. The maximum absolute atomic E-state index is 12.4. The highest BCUT2D eigenvalue weighted by Gasteiger charge is 2.25. The summed E-state index contributed by atoms with van der Waals surface area (Å²) in [6.07, 6.45) is 2.31. The minimum Gasteiger partial charge on any atom is -0.347 e. The van der Waals surface area contributed by atoms with E-state index < -0.39 is 0 Å². The van der Waals surface area contributed by atoms with Crippen LogP contribution in [-0.4, -0.2) is 42.4 Å².